The van der Waals surface area contributed by atoms with Crippen molar-refractivity contribution in [2.45, 2.75) is 38.0 Å². The number of rotatable bonds is 3. The number of hydrogen-bond donors (Lipinski definition) is 2. The third-order valence-corrected chi connectivity index (χ3v) is 3.79. The molecule has 1 aromatic carbocycles. The van der Waals surface area contributed by atoms with E-state index in [1.807, 2.05) is 11.8 Å². The van der Waals surface area contributed by atoms with Crippen molar-refractivity contribution in [2.24, 2.45) is 0 Å². The van der Waals surface area contributed by atoms with Crippen molar-refractivity contribution in [3.05, 3.63) is 35.6 Å². The summed E-state index contributed by atoms with van der Waals surface area (Å²) in [6.45, 7) is 3.25. The number of aliphatic hydroxyl groups is 2. The van der Waals surface area contributed by atoms with Gasteiger partial charge in [0.1, 0.15) is 12.0 Å². The van der Waals surface area contributed by atoms with Crippen LogP contribution in [0.25, 0.3) is 0 Å². The second-order valence-electron chi connectivity index (χ2n) is 4.96. The number of nitrogens with zero attached hydrogens (tertiary/aromatic N) is 1. The van der Waals surface area contributed by atoms with Gasteiger partial charge in [0.15, 0.2) is 0 Å². The summed E-state index contributed by atoms with van der Waals surface area (Å²) in [5, 5.41) is 20.3. The van der Waals surface area contributed by atoms with Crippen LogP contribution in [0.15, 0.2) is 24.3 Å². The second-order valence-corrected chi connectivity index (χ2v) is 4.96. The van der Waals surface area contributed by atoms with Gasteiger partial charge in [-0.25, -0.2) is 4.39 Å². The van der Waals surface area contributed by atoms with Gasteiger partial charge in [-0.2, -0.15) is 0 Å². The Labute approximate surface area is 107 Å². The highest BCUT2D eigenvalue weighted by molar-refractivity contribution is 5.23. The van der Waals surface area contributed by atoms with Gasteiger partial charge in [-0.05, 0) is 37.0 Å². The molecule has 1 aliphatic heterocycles. The number of aliphatic hydroxyl groups excluding tert-OH is 1. The lowest BCUT2D eigenvalue weighted by Gasteiger charge is -2.40. The smallest absolute Gasteiger partial charge is 0.123 e. The summed E-state index contributed by atoms with van der Waals surface area (Å²) in [5.41, 5.74) is -0.132. The van der Waals surface area contributed by atoms with Gasteiger partial charge in [-0.15, -0.1) is 0 Å². The number of benzene rings is 1. The molecule has 0 aromatic heterocycles. The normalized spacial score (nSPS) is 21.8. The Hall–Kier alpha value is -0.970. The van der Waals surface area contributed by atoms with E-state index in [1.54, 1.807) is 12.1 Å². The van der Waals surface area contributed by atoms with Crippen LogP contribution in [0.3, 0.4) is 0 Å². The van der Waals surface area contributed by atoms with E-state index in [0.717, 1.165) is 5.56 Å². The van der Waals surface area contributed by atoms with Crippen LogP contribution in [0, 0.1) is 5.82 Å². The molecular weight excluding hydrogens is 233 g/mol. The summed E-state index contributed by atoms with van der Waals surface area (Å²) in [6.07, 6.45) is 1.39. The first-order valence-corrected chi connectivity index (χ1v) is 6.46. The minimum Gasteiger partial charge on any atom is -0.385 e. The summed E-state index contributed by atoms with van der Waals surface area (Å²) >= 11 is 0. The van der Waals surface area contributed by atoms with Gasteiger partial charge in [0.25, 0.3) is 0 Å². The first-order chi connectivity index (χ1) is 8.55. The van der Waals surface area contributed by atoms with Crippen LogP contribution in [0.1, 0.15) is 31.7 Å². The summed E-state index contributed by atoms with van der Waals surface area (Å²) in [7, 11) is 0. The van der Waals surface area contributed by atoms with E-state index < -0.39 is 11.8 Å². The van der Waals surface area contributed by atoms with E-state index in [0.29, 0.717) is 32.4 Å². The second kappa shape index (κ2) is 5.34. The van der Waals surface area contributed by atoms with Gasteiger partial charge in [-0.3, -0.25) is 4.90 Å². The Morgan fingerprint density at radius 2 is 1.83 bits per heavy atom. The molecule has 1 aromatic rings. The molecule has 0 saturated carbocycles. The third-order valence-electron chi connectivity index (χ3n) is 3.79. The number of halogens is 1. The van der Waals surface area contributed by atoms with Crippen LogP contribution >= 0.6 is 0 Å². The summed E-state index contributed by atoms with van der Waals surface area (Å²) in [5.74, 6) is -0.291. The number of piperidine rings is 1. The number of hydrogen-bond acceptors (Lipinski definition) is 3. The average molecular weight is 253 g/mol. The van der Waals surface area contributed by atoms with E-state index in [1.165, 1.54) is 12.1 Å². The molecule has 0 amide bonds. The Balaban J connectivity index is 2.05. The molecule has 3 nitrogen and oxygen atoms in total. The van der Waals surface area contributed by atoms with Crippen molar-refractivity contribution in [1.82, 2.24) is 4.90 Å². The summed E-state index contributed by atoms with van der Waals surface area (Å²) in [6, 6.07) is 6.03. The lowest BCUT2D eigenvalue weighted by molar-refractivity contribution is -0.0779. The van der Waals surface area contributed by atoms with E-state index in [2.05, 4.69) is 0 Å². The Bertz CT molecular complexity index is 385. The van der Waals surface area contributed by atoms with Gasteiger partial charge >= 0.3 is 0 Å². The van der Waals surface area contributed by atoms with Gasteiger partial charge in [0, 0.05) is 13.1 Å². The quantitative estimate of drug-likeness (QED) is 0.864. The Morgan fingerprint density at radius 1 is 1.28 bits per heavy atom. The minimum atomic E-state index is -0.891. The highest BCUT2D eigenvalue weighted by atomic mass is 19.1. The maximum absolute atomic E-state index is 12.9. The lowest BCUT2D eigenvalue weighted by atomic mass is 9.84. The SMILES string of the molecule is CCC(O)N1CCC(O)(c2ccc(F)cc2)CC1. The van der Waals surface area contributed by atoms with Crippen molar-refractivity contribution in [3.8, 4) is 0 Å². The zero-order valence-electron chi connectivity index (χ0n) is 10.6. The third kappa shape index (κ3) is 2.71. The summed E-state index contributed by atoms with van der Waals surface area (Å²) in [4.78, 5) is 1.97. The average Bonchev–Trinajstić information content (AvgIpc) is 2.39. The molecule has 0 aliphatic carbocycles. The van der Waals surface area contributed by atoms with Crippen molar-refractivity contribution in [3.63, 3.8) is 0 Å². The molecule has 1 heterocycles. The monoisotopic (exact) mass is 253 g/mol. The number of likely N-dealkylation sites (tertiary alicyclic amines) is 1. The molecule has 0 radical (unpaired) electrons. The van der Waals surface area contributed by atoms with Crippen molar-refractivity contribution in [1.29, 1.82) is 0 Å². The fraction of sp³-hybridized carbons (Fsp3) is 0.571. The van der Waals surface area contributed by atoms with E-state index in [9.17, 15) is 14.6 Å². The van der Waals surface area contributed by atoms with Crippen LogP contribution in [-0.4, -0.2) is 34.4 Å². The molecule has 1 aliphatic rings. The van der Waals surface area contributed by atoms with E-state index in [4.69, 9.17) is 0 Å². The van der Waals surface area contributed by atoms with Crippen molar-refractivity contribution >= 4 is 0 Å². The van der Waals surface area contributed by atoms with Gasteiger partial charge < -0.3 is 10.2 Å². The summed E-state index contributed by atoms with van der Waals surface area (Å²) < 4.78 is 12.9. The Kier molecular flexibility index (Phi) is 4.00. The fourth-order valence-corrected chi connectivity index (χ4v) is 2.50. The zero-order valence-corrected chi connectivity index (χ0v) is 10.6. The largest absolute Gasteiger partial charge is 0.385 e. The predicted molar refractivity (Wildman–Crippen MR) is 67.4 cm³/mol. The molecule has 18 heavy (non-hydrogen) atoms. The van der Waals surface area contributed by atoms with Crippen LogP contribution < -0.4 is 0 Å². The molecule has 1 unspecified atom stereocenters. The van der Waals surface area contributed by atoms with Crippen molar-refractivity contribution < 1.29 is 14.6 Å². The highest BCUT2D eigenvalue weighted by Gasteiger charge is 2.35. The molecule has 1 fully saturated rings. The molecule has 100 valence electrons. The molecule has 2 rings (SSSR count). The molecule has 1 atom stereocenters. The minimum absolute atomic E-state index is 0.291. The van der Waals surface area contributed by atoms with Crippen LogP contribution in [-0.2, 0) is 5.60 Å². The topological polar surface area (TPSA) is 43.7 Å². The van der Waals surface area contributed by atoms with Crippen LogP contribution in [0.2, 0.25) is 0 Å². The highest BCUT2D eigenvalue weighted by Crippen LogP contribution is 2.33. The van der Waals surface area contributed by atoms with Gasteiger partial charge in [0.2, 0.25) is 0 Å². The van der Waals surface area contributed by atoms with Crippen LogP contribution in [0.4, 0.5) is 4.39 Å². The first-order valence-electron chi connectivity index (χ1n) is 6.46. The molecular formula is C14H20FNO2. The van der Waals surface area contributed by atoms with E-state index in [-0.39, 0.29) is 5.82 Å². The fourth-order valence-electron chi connectivity index (χ4n) is 2.50. The predicted octanol–water partition coefficient (Wildman–Crippen LogP) is 1.84. The van der Waals surface area contributed by atoms with Gasteiger partial charge in [0.05, 0.1) is 5.60 Å². The molecule has 1 saturated heterocycles. The Morgan fingerprint density at radius 3 is 2.33 bits per heavy atom. The molecule has 2 N–H and O–H groups in total. The molecule has 4 heteroatoms. The maximum atomic E-state index is 12.9. The molecule has 0 bridgehead atoms. The maximum Gasteiger partial charge on any atom is 0.123 e. The molecule has 0 spiro atoms. The first kappa shape index (κ1) is 13.5. The van der Waals surface area contributed by atoms with Crippen LogP contribution in [0.5, 0.6) is 0 Å². The zero-order chi connectivity index (χ0) is 13.2. The standard InChI is InChI=1S/C14H20FNO2/c1-2-13(17)16-9-7-14(18,8-10-16)11-3-5-12(15)6-4-11/h3-6,13,17-18H,2,7-10H2,1H3. The lowest BCUT2D eigenvalue weighted by Crippen LogP contribution is -2.46. The van der Waals surface area contributed by atoms with E-state index >= 15 is 0 Å². The van der Waals surface area contributed by atoms with Crippen molar-refractivity contribution in [2.75, 3.05) is 13.1 Å². The van der Waals surface area contributed by atoms with Gasteiger partial charge in [-0.1, -0.05) is 19.1 Å².